The van der Waals surface area contributed by atoms with Gasteiger partial charge in [-0.25, -0.2) is 14.4 Å². The normalized spacial score (nSPS) is 13.7. The van der Waals surface area contributed by atoms with Crippen LogP contribution >= 0.6 is 11.3 Å². The van der Waals surface area contributed by atoms with Crippen molar-refractivity contribution in [1.82, 2.24) is 4.90 Å². The summed E-state index contributed by atoms with van der Waals surface area (Å²) in [7, 11) is 0. The second-order valence-corrected chi connectivity index (χ2v) is 7.75. The lowest BCUT2D eigenvalue weighted by atomic mass is 10.1. The number of aliphatic carboxylic acids is 2. The van der Waals surface area contributed by atoms with Crippen molar-refractivity contribution in [2.45, 2.75) is 25.9 Å². The average Bonchev–Trinajstić information content (AvgIpc) is 3.16. The van der Waals surface area contributed by atoms with Gasteiger partial charge in [-0.15, -0.1) is 11.3 Å². The molecule has 0 saturated carbocycles. The van der Waals surface area contributed by atoms with Crippen molar-refractivity contribution in [3.63, 3.8) is 0 Å². The van der Waals surface area contributed by atoms with Gasteiger partial charge in [0.1, 0.15) is 6.10 Å². The predicted molar refractivity (Wildman–Crippen MR) is 115 cm³/mol. The monoisotopic (exact) mass is 453 g/mol. The maximum atomic E-state index is 11.2. The molecule has 9 nitrogen and oxygen atoms in total. The van der Waals surface area contributed by atoms with Gasteiger partial charge in [-0.2, -0.15) is 0 Å². The summed E-state index contributed by atoms with van der Waals surface area (Å²) in [5.74, 6) is -3.65. The number of nitrogens with zero attached hydrogens (tertiary/aromatic N) is 1. The summed E-state index contributed by atoms with van der Waals surface area (Å²) < 4.78 is 17.0. The van der Waals surface area contributed by atoms with E-state index in [9.17, 15) is 4.79 Å². The Labute approximate surface area is 184 Å². The van der Waals surface area contributed by atoms with Gasteiger partial charge in [0, 0.05) is 30.9 Å². The molecule has 2 aromatic rings. The second-order valence-electron chi connectivity index (χ2n) is 6.80. The molecule has 1 aromatic carbocycles. The van der Waals surface area contributed by atoms with Crippen molar-refractivity contribution in [2.75, 3.05) is 39.5 Å². The Balaban J connectivity index is 0.000000501. The smallest absolute Gasteiger partial charge is 0.473 e. The number of rotatable bonds is 9. The van der Waals surface area contributed by atoms with Crippen LogP contribution in [0, 0.1) is 0 Å². The van der Waals surface area contributed by atoms with Crippen LogP contribution in [0.1, 0.15) is 18.9 Å². The number of carboxylic acid groups (broad SMARTS) is 2. The van der Waals surface area contributed by atoms with Gasteiger partial charge < -0.3 is 24.4 Å². The highest BCUT2D eigenvalue weighted by molar-refractivity contribution is 7.17. The van der Waals surface area contributed by atoms with E-state index in [4.69, 9.17) is 34.0 Å². The number of carbonyl (C=O) groups excluding carboxylic acids is 1. The van der Waals surface area contributed by atoms with Crippen LogP contribution in [-0.2, 0) is 30.2 Å². The molecular formula is C21H27NO8S. The number of fused-ring (bicyclic) bond motifs is 1. The third-order valence-electron chi connectivity index (χ3n) is 4.45. The fourth-order valence-electron chi connectivity index (χ4n) is 2.92. The van der Waals surface area contributed by atoms with E-state index in [0.717, 1.165) is 45.7 Å². The molecule has 1 aliphatic rings. The van der Waals surface area contributed by atoms with Crippen molar-refractivity contribution in [1.29, 1.82) is 0 Å². The summed E-state index contributed by atoms with van der Waals surface area (Å²) in [6.45, 7) is 6.20. The molecule has 0 aliphatic carbocycles. The first-order chi connectivity index (χ1) is 14.9. The Morgan fingerprint density at radius 1 is 1.13 bits per heavy atom. The maximum absolute atomic E-state index is 11.2. The van der Waals surface area contributed by atoms with E-state index in [2.05, 4.69) is 34.5 Å². The molecule has 1 aliphatic heterocycles. The van der Waals surface area contributed by atoms with Crippen LogP contribution < -0.4 is 0 Å². The van der Waals surface area contributed by atoms with Crippen molar-refractivity contribution in [3.8, 4) is 0 Å². The molecule has 2 N–H and O–H groups in total. The van der Waals surface area contributed by atoms with Gasteiger partial charge >= 0.3 is 18.1 Å². The molecule has 1 saturated heterocycles. The molecule has 31 heavy (non-hydrogen) atoms. The lowest BCUT2D eigenvalue weighted by molar-refractivity contribution is -0.159. The Bertz CT molecular complexity index is 850. The van der Waals surface area contributed by atoms with Gasteiger partial charge in [-0.05, 0) is 48.2 Å². The zero-order valence-electron chi connectivity index (χ0n) is 17.3. The third-order valence-corrected chi connectivity index (χ3v) is 5.34. The molecule has 0 radical (unpaired) electrons. The van der Waals surface area contributed by atoms with Crippen LogP contribution in [0.15, 0.2) is 29.6 Å². The zero-order chi connectivity index (χ0) is 22.6. The van der Waals surface area contributed by atoms with Gasteiger partial charge in [0.25, 0.3) is 0 Å². The van der Waals surface area contributed by atoms with Crippen molar-refractivity contribution in [3.05, 3.63) is 35.2 Å². The number of carbonyl (C=O) groups is 3. The zero-order valence-corrected chi connectivity index (χ0v) is 18.1. The average molecular weight is 454 g/mol. The molecule has 0 unspecified atom stereocenters. The number of carboxylic acids is 2. The first kappa shape index (κ1) is 24.6. The van der Waals surface area contributed by atoms with Crippen LogP contribution in [0.4, 0.5) is 4.79 Å². The highest BCUT2D eigenvalue weighted by Gasteiger charge is 2.29. The minimum atomic E-state index is -1.82. The van der Waals surface area contributed by atoms with Crippen LogP contribution in [0.5, 0.6) is 0 Å². The van der Waals surface area contributed by atoms with Crippen LogP contribution in [-0.4, -0.2) is 78.8 Å². The van der Waals surface area contributed by atoms with E-state index >= 15 is 0 Å². The quantitative estimate of drug-likeness (QED) is 0.335. The summed E-state index contributed by atoms with van der Waals surface area (Å²) in [5.41, 5.74) is 1.33. The van der Waals surface area contributed by atoms with E-state index in [1.165, 1.54) is 15.6 Å². The summed E-state index contributed by atoms with van der Waals surface area (Å²) in [6, 6.07) is 8.79. The van der Waals surface area contributed by atoms with Gasteiger partial charge in [0.15, 0.2) is 0 Å². The molecule has 170 valence electrons. The minimum absolute atomic E-state index is 0.0213. The number of hydrogen-bond acceptors (Lipinski definition) is 8. The van der Waals surface area contributed by atoms with E-state index in [-0.39, 0.29) is 6.10 Å². The molecule has 0 spiro atoms. The van der Waals surface area contributed by atoms with Gasteiger partial charge in [-0.1, -0.05) is 12.1 Å². The Morgan fingerprint density at radius 2 is 1.87 bits per heavy atom. The molecule has 0 atom stereocenters. The SMILES string of the molecule is CCOC(=O)OC1CN(CCCOCCc2ccc3sccc3c2)C1.O=C(O)C(=O)O. The van der Waals surface area contributed by atoms with Crippen LogP contribution in [0.3, 0.4) is 0 Å². The Kier molecular flexibility index (Phi) is 10.2. The summed E-state index contributed by atoms with van der Waals surface area (Å²) >= 11 is 1.78. The van der Waals surface area contributed by atoms with E-state index in [1.807, 2.05) is 0 Å². The van der Waals surface area contributed by atoms with Gasteiger partial charge in [-0.3, -0.25) is 4.90 Å². The summed E-state index contributed by atoms with van der Waals surface area (Å²) in [6.07, 6.45) is 1.36. The molecule has 3 rings (SSSR count). The molecule has 1 aromatic heterocycles. The highest BCUT2D eigenvalue weighted by atomic mass is 32.1. The third kappa shape index (κ3) is 8.91. The first-order valence-electron chi connectivity index (χ1n) is 9.95. The van der Waals surface area contributed by atoms with Gasteiger partial charge in [0.2, 0.25) is 0 Å². The van der Waals surface area contributed by atoms with Crippen LogP contribution in [0.25, 0.3) is 10.1 Å². The van der Waals surface area contributed by atoms with Crippen molar-refractivity contribution >= 4 is 39.5 Å². The molecule has 0 amide bonds. The number of benzene rings is 1. The highest BCUT2D eigenvalue weighted by Crippen LogP contribution is 2.22. The topological polar surface area (TPSA) is 123 Å². The largest absolute Gasteiger partial charge is 0.508 e. The second kappa shape index (κ2) is 12.9. The summed E-state index contributed by atoms with van der Waals surface area (Å²) in [4.78, 5) is 31.6. The first-order valence-corrected chi connectivity index (χ1v) is 10.8. The minimum Gasteiger partial charge on any atom is -0.473 e. The molecular weight excluding hydrogens is 426 g/mol. The standard InChI is InChI=1S/C19H25NO4S.C2H2O4/c1-2-23-19(21)24-17-13-20(14-17)8-3-9-22-10-6-15-4-5-18-16(12-15)7-11-25-18;3-1(4)2(5)6/h4-5,7,11-12,17H,2-3,6,8-10,13-14H2,1H3;(H,3,4)(H,5,6). The van der Waals surface area contributed by atoms with E-state index < -0.39 is 18.1 Å². The number of ether oxygens (including phenoxy) is 3. The van der Waals surface area contributed by atoms with Gasteiger partial charge in [0.05, 0.1) is 13.2 Å². The lowest BCUT2D eigenvalue weighted by Crippen LogP contribution is -2.53. The molecule has 0 bridgehead atoms. The van der Waals surface area contributed by atoms with E-state index in [0.29, 0.717) is 6.61 Å². The van der Waals surface area contributed by atoms with Crippen LogP contribution in [0.2, 0.25) is 0 Å². The predicted octanol–water partition coefficient (Wildman–Crippen LogP) is 2.86. The fourth-order valence-corrected chi connectivity index (χ4v) is 3.69. The fraction of sp³-hybridized carbons (Fsp3) is 0.476. The van der Waals surface area contributed by atoms with E-state index in [1.54, 1.807) is 18.3 Å². The maximum Gasteiger partial charge on any atom is 0.508 e. The summed E-state index contributed by atoms with van der Waals surface area (Å²) in [5, 5.41) is 18.2. The Hall–Kier alpha value is -2.69. The number of hydrogen-bond donors (Lipinski definition) is 2. The van der Waals surface area contributed by atoms with Crippen molar-refractivity contribution < 1.29 is 38.8 Å². The molecule has 2 heterocycles. The Morgan fingerprint density at radius 3 is 2.55 bits per heavy atom. The lowest BCUT2D eigenvalue weighted by Gasteiger charge is -2.37. The molecule has 1 fully saturated rings. The van der Waals surface area contributed by atoms with Crippen molar-refractivity contribution in [2.24, 2.45) is 0 Å². The number of thiophene rings is 1. The number of likely N-dealkylation sites (tertiary alicyclic amines) is 1. The molecule has 10 heteroatoms.